The van der Waals surface area contributed by atoms with Gasteiger partial charge in [-0.2, -0.15) is 0 Å². The SMILES string of the molecule is COc1ccc(C(=O)Nc2ccc(S(=O)(=O)NCCN3CCOCC3)cc2)cc1C. The minimum absolute atomic E-state index is 0.155. The fourth-order valence-electron chi connectivity index (χ4n) is 3.19. The van der Waals surface area contributed by atoms with E-state index in [4.69, 9.17) is 9.47 Å². The topological polar surface area (TPSA) is 97.0 Å². The number of benzene rings is 2. The first-order chi connectivity index (χ1) is 14.4. The molecule has 1 saturated heterocycles. The van der Waals surface area contributed by atoms with Crippen LogP contribution in [0.15, 0.2) is 47.4 Å². The lowest BCUT2D eigenvalue weighted by Crippen LogP contribution is -2.41. The summed E-state index contributed by atoms with van der Waals surface area (Å²) in [5.74, 6) is 0.433. The molecule has 2 aromatic rings. The third-order valence-corrected chi connectivity index (χ3v) is 6.38. The van der Waals surface area contributed by atoms with Gasteiger partial charge in [-0.15, -0.1) is 0 Å². The number of aryl methyl sites for hydroxylation is 1. The molecule has 1 amide bonds. The van der Waals surface area contributed by atoms with Crippen LogP contribution in [0.2, 0.25) is 0 Å². The summed E-state index contributed by atoms with van der Waals surface area (Å²) < 4.78 is 38.0. The number of morpholine rings is 1. The Labute approximate surface area is 177 Å². The van der Waals surface area contributed by atoms with Crippen molar-refractivity contribution >= 4 is 21.6 Å². The predicted molar refractivity (Wildman–Crippen MR) is 115 cm³/mol. The molecule has 0 aromatic heterocycles. The van der Waals surface area contributed by atoms with E-state index >= 15 is 0 Å². The van der Waals surface area contributed by atoms with Crippen LogP contribution < -0.4 is 14.8 Å². The fourth-order valence-corrected chi connectivity index (χ4v) is 4.21. The molecule has 0 saturated carbocycles. The Morgan fingerprint density at radius 3 is 2.47 bits per heavy atom. The van der Waals surface area contributed by atoms with Crippen molar-refractivity contribution in [1.82, 2.24) is 9.62 Å². The van der Waals surface area contributed by atoms with Crippen LogP contribution in [-0.2, 0) is 14.8 Å². The molecule has 9 heteroatoms. The summed E-state index contributed by atoms with van der Waals surface area (Å²) in [6, 6.07) is 11.3. The Hall–Kier alpha value is -2.46. The number of amides is 1. The number of nitrogens with zero attached hydrogens (tertiary/aromatic N) is 1. The molecule has 8 nitrogen and oxygen atoms in total. The summed E-state index contributed by atoms with van der Waals surface area (Å²) in [7, 11) is -2.03. The highest BCUT2D eigenvalue weighted by molar-refractivity contribution is 7.89. The van der Waals surface area contributed by atoms with Gasteiger partial charge in [0.05, 0.1) is 25.2 Å². The molecule has 3 rings (SSSR count). The largest absolute Gasteiger partial charge is 0.496 e. The Kier molecular flexibility index (Phi) is 7.43. The molecule has 0 aliphatic carbocycles. The lowest BCUT2D eigenvalue weighted by Gasteiger charge is -2.26. The molecule has 1 fully saturated rings. The standard InChI is InChI=1S/C21H27N3O5S/c1-16-15-17(3-8-20(16)28-2)21(25)23-18-4-6-19(7-5-18)30(26,27)22-9-10-24-11-13-29-14-12-24/h3-8,15,22H,9-14H2,1-2H3,(H,23,25). The lowest BCUT2D eigenvalue weighted by molar-refractivity contribution is 0.0390. The van der Waals surface area contributed by atoms with Crippen molar-refractivity contribution in [2.75, 3.05) is 51.8 Å². The van der Waals surface area contributed by atoms with Gasteiger partial charge < -0.3 is 14.8 Å². The maximum atomic E-state index is 12.5. The zero-order chi connectivity index (χ0) is 21.6. The van der Waals surface area contributed by atoms with E-state index in [-0.39, 0.29) is 10.8 Å². The number of anilines is 1. The number of sulfonamides is 1. The molecule has 0 unspecified atom stereocenters. The van der Waals surface area contributed by atoms with Crippen LogP contribution in [0.1, 0.15) is 15.9 Å². The van der Waals surface area contributed by atoms with Gasteiger partial charge >= 0.3 is 0 Å². The zero-order valence-corrected chi connectivity index (χ0v) is 18.0. The highest BCUT2D eigenvalue weighted by Gasteiger charge is 2.16. The molecule has 1 aliphatic rings. The fraction of sp³-hybridized carbons (Fsp3) is 0.381. The summed E-state index contributed by atoms with van der Waals surface area (Å²) in [6.07, 6.45) is 0. The van der Waals surface area contributed by atoms with Crippen molar-refractivity contribution in [3.8, 4) is 5.75 Å². The van der Waals surface area contributed by atoms with Crippen molar-refractivity contribution in [3.05, 3.63) is 53.6 Å². The molecule has 162 valence electrons. The van der Waals surface area contributed by atoms with Crippen molar-refractivity contribution < 1.29 is 22.7 Å². The number of methoxy groups -OCH3 is 1. The molecule has 0 radical (unpaired) electrons. The second-order valence-corrected chi connectivity index (χ2v) is 8.78. The van der Waals surface area contributed by atoms with Gasteiger partial charge in [0.25, 0.3) is 5.91 Å². The summed E-state index contributed by atoms with van der Waals surface area (Å²) in [5, 5.41) is 2.77. The van der Waals surface area contributed by atoms with E-state index in [9.17, 15) is 13.2 Å². The van der Waals surface area contributed by atoms with Crippen LogP contribution in [0.4, 0.5) is 5.69 Å². The van der Waals surface area contributed by atoms with Crippen molar-refractivity contribution in [2.45, 2.75) is 11.8 Å². The molecule has 1 aliphatic heterocycles. The van der Waals surface area contributed by atoms with Crippen molar-refractivity contribution in [1.29, 1.82) is 0 Å². The van der Waals surface area contributed by atoms with E-state index in [1.165, 1.54) is 12.1 Å². The average Bonchev–Trinajstić information content (AvgIpc) is 2.74. The van der Waals surface area contributed by atoms with Crippen LogP contribution in [0, 0.1) is 6.92 Å². The van der Waals surface area contributed by atoms with E-state index < -0.39 is 10.0 Å². The highest BCUT2D eigenvalue weighted by Crippen LogP contribution is 2.20. The molecule has 1 heterocycles. The van der Waals surface area contributed by atoms with E-state index in [1.54, 1.807) is 37.4 Å². The number of carbonyl (C=O) groups excluding carboxylic acids is 1. The Balaban J connectivity index is 1.56. The summed E-state index contributed by atoms with van der Waals surface area (Å²) in [6.45, 7) is 5.80. The van der Waals surface area contributed by atoms with Crippen LogP contribution >= 0.6 is 0 Å². The third-order valence-electron chi connectivity index (χ3n) is 4.90. The maximum absolute atomic E-state index is 12.5. The average molecular weight is 434 g/mol. The number of carbonyl (C=O) groups is 1. The van der Waals surface area contributed by atoms with Crippen LogP contribution in [0.25, 0.3) is 0 Å². The normalized spacial score (nSPS) is 15.0. The number of ether oxygens (including phenoxy) is 2. The van der Waals surface area contributed by atoms with Gasteiger partial charge in [0, 0.05) is 37.4 Å². The van der Waals surface area contributed by atoms with Crippen LogP contribution in [-0.4, -0.2) is 65.7 Å². The number of hydrogen-bond acceptors (Lipinski definition) is 6. The van der Waals surface area contributed by atoms with Gasteiger partial charge in [-0.25, -0.2) is 13.1 Å². The van der Waals surface area contributed by atoms with Gasteiger partial charge in [0.2, 0.25) is 10.0 Å². The predicted octanol–water partition coefficient (Wildman–Crippen LogP) is 1.87. The first-order valence-electron chi connectivity index (χ1n) is 9.75. The van der Waals surface area contributed by atoms with Crippen LogP contribution in [0.5, 0.6) is 5.75 Å². The van der Waals surface area contributed by atoms with Gasteiger partial charge in [-0.05, 0) is 55.0 Å². The summed E-state index contributed by atoms with van der Waals surface area (Å²) in [4.78, 5) is 14.8. The molecule has 0 atom stereocenters. The Morgan fingerprint density at radius 1 is 1.13 bits per heavy atom. The number of hydrogen-bond donors (Lipinski definition) is 2. The van der Waals surface area contributed by atoms with E-state index in [1.807, 2.05) is 6.92 Å². The van der Waals surface area contributed by atoms with Crippen molar-refractivity contribution in [3.63, 3.8) is 0 Å². The van der Waals surface area contributed by atoms with Gasteiger partial charge in [0.15, 0.2) is 0 Å². The van der Waals surface area contributed by atoms with E-state index in [0.29, 0.717) is 43.3 Å². The Morgan fingerprint density at radius 2 is 1.83 bits per heavy atom. The first-order valence-corrected chi connectivity index (χ1v) is 11.2. The molecule has 2 N–H and O–H groups in total. The number of nitrogens with one attached hydrogen (secondary N) is 2. The molecular weight excluding hydrogens is 406 g/mol. The third kappa shape index (κ3) is 5.79. The molecule has 30 heavy (non-hydrogen) atoms. The number of rotatable bonds is 8. The smallest absolute Gasteiger partial charge is 0.255 e. The molecular formula is C21H27N3O5S. The lowest BCUT2D eigenvalue weighted by atomic mass is 10.1. The minimum atomic E-state index is -3.61. The van der Waals surface area contributed by atoms with Gasteiger partial charge in [0.1, 0.15) is 5.75 Å². The molecule has 0 bridgehead atoms. The van der Waals surface area contributed by atoms with Crippen LogP contribution in [0.3, 0.4) is 0 Å². The minimum Gasteiger partial charge on any atom is -0.496 e. The second-order valence-electron chi connectivity index (χ2n) is 7.01. The molecule has 0 spiro atoms. The quantitative estimate of drug-likeness (QED) is 0.660. The monoisotopic (exact) mass is 433 g/mol. The Bertz CT molecular complexity index is 971. The molecule has 2 aromatic carbocycles. The second kappa shape index (κ2) is 10.0. The van der Waals surface area contributed by atoms with Crippen molar-refractivity contribution in [2.24, 2.45) is 0 Å². The highest BCUT2D eigenvalue weighted by atomic mass is 32.2. The zero-order valence-electron chi connectivity index (χ0n) is 17.2. The van der Waals surface area contributed by atoms with E-state index in [2.05, 4.69) is 14.9 Å². The van der Waals surface area contributed by atoms with E-state index in [0.717, 1.165) is 18.7 Å². The first kappa shape index (κ1) is 22.2. The van der Waals surface area contributed by atoms with Gasteiger partial charge in [-0.1, -0.05) is 0 Å². The maximum Gasteiger partial charge on any atom is 0.255 e. The summed E-state index contributed by atoms with van der Waals surface area (Å²) in [5.41, 5.74) is 1.87. The summed E-state index contributed by atoms with van der Waals surface area (Å²) >= 11 is 0. The van der Waals surface area contributed by atoms with Gasteiger partial charge in [-0.3, -0.25) is 9.69 Å².